The molecule has 244 valence electrons. The maximum absolute atomic E-state index is 7.09. The van der Waals surface area contributed by atoms with Crippen molar-refractivity contribution in [1.29, 1.82) is 0 Å². The molecule has 0 bridgehead atoms. The van der Waals surface area contributed by atoms with Gasteiger partial charge in [-0.15, -0.1) is 21.9 Å². The van der Waals surface area contributed by atoms with Crippen molar-refractivity contribution in [3.8, 4) is 44.5 Å². The first kappa shape index (κ1) is 35.5. The third-order valence-corrected chi connectivity index (χ3v) is 11.4. The Bertz CT molecular complexity index is 3240. The van der Waals surface area contributed by atoms with Crippen LogP contribution in [0, 0.1) is 0 Å². The van der Waals surface area contributed by atoms with Gasteiger partial charge in [0.1, 0.15) is 73.9 Å². The van der Waals surface area contributed by atoms with E-state index < -0.39 is 0 Å². The molecule has 0 atom stereocenters. The second-order valence-electron chi connectivity index (χ2n) is 14.6. The molecule has 0 aliphatic carbocycles. The first-order valence-corrected chi connectivity index (χ1v) is 18.5. The van der Waals surface area contributed by atoms with Crippen LogP contribution >= 0.6 is 0 Å². The highest BCUT2D eigenvalue weighted by Crippen LogP contribution is 2.44. The number of fused-ring (bicyclic) bond motifs is 6. The lowest BCUT2D eigenvalue weighted by atomic mass is 9.59. The van der Waals surface area contributed by atoms with Crippen LogP contribution in [0.2, 0.25) is 0 Å². The van der Waals surface area contributed by atoms with E-state index in [1.807, 2.05) is 66.7 Å². The molecule has 0 aliphatic heterocycles. The Labute approximate surface area is 341 Å². The predicted octanol–water partition coefficient (Wildman–Crippen LogP) is 4.06. The van der Waals surface area contributed by atoms with Crippen LogP contribution in [0.25, 0.3) is 98.8 Å². The van der Waals surface area contributed by atoms with Gasteiger partial charge in [0.25, 0.3) is 0 Å². The number of hydrogen-bond acceptors (Lipinski definition) is 1. The summed E-state index contributed by atoms with van der Waals surface area (Å²) in [6.07, 6.45) is 0. The zero-order chi connectivity index (χ0) is 39.3. The van der Waals surface area contributed by atoms with Crippen LogP contribution in [-0.4, -0.2) is 62.8 Å². The van der Waals surface area contributed by atoms with Crippen molar-refractivity contribution in [1.82, 2.24) is 0 Å². The molecule has 0 amide bonds. The molecule has 9 heteroatoms. The smallest absolute Gasteiger partial charge is 0.136 e. The van der Waals surface area contributed by atoms with E-state index in [9.17, 15) is 0 Å². The van der Waals surface area contributed by atoms with Crippen LogP contribution < -0.4 is 43.7 Å². The molecule has 0 saturated heterocycles. The van der Waals surface area contributed by atoms with Crippen molar-refractivity contribution in [2.45, 2.75) is 0 Å². The van der Waals surface area contributed by atoms with Gasteiger partial charge >= 0.3 is 0 Å². The normalized spacial score (nSPS) is 11.7. The summed E-state index contributed by atoms with van der Waals surface area (Å²) in [5.41, 5.74) is 10.0. The predicted molar refractivity (Wildman–Crippen MR) is 251 cm³/mol. The number of furan rings is 1. The minimum Gasteiger partial charge on any atom is -0.456 e. The van der Waals surface area contributed by atoms with Crippen molar-refractivity contribution in [2.24, 2.45) is 0 Å². The molecular weight excluding hydrogens is 679 g/mol. The highest BCUT2D eigenvalue weighted by Gasteiger charge is 2.26. The van der Waals surface area contributed by atoms with Crippen LogP contribution in [0.15, 0.2) is 138 Å². The number of rotatable bonds is 4. The van der Waals surface area contributed by atoms with Crippen LogP contribution in [0.5, 0.6) is 0 Å². The summed E-state index contributed by atoms with van der Waals surface area (Å²) in [4.78, 5) is 0. The fraction of sp³-hybridized carbons (Fsp3) is 0. The second kappa shape index (κ2) is 13.3. The third kappa shape index (κ3) is 5.35. The Morgan fingerprint density at radius 2 is 0.719 bits per heavy atom. The highest BCUT2D eigenvalue weighted by molar-refractivity contribution is 6.71. The molecule has 1 heterocycles. The Kier molecular flexibility index (Phi) is 8.31. The Morgan fingerprint density at radius 1 is 0.298 bits per heavy atom. The van der Waals surface area contributed by atoms with Gasteiger partial charge in [-0.1, -0.05) is 125 Å². The summed E-state index contributed by atoms with van der Waals surface area (Å²) < 4.78 is 6.39. The molecule has 1 aromatic heterocycles. The SMILES string of the molecule is [B]c1c([B])c([B])c2c(-c3ccc4oc5cc6ccccc6cc5c4c3)c3c([B])c([B])c([B])c([B])c3c(-c3ccc(-c4ccccc4)c(-c4ccccc4)c3)c2c1[B]. The van der Waals surface area contributed by atoms with Crippen LogP contribution in [0.4, 0.5) is 0 Å². The van der Waals surface area contributed by atoms with E-state index in [4.69, 9.17) is 67.2 Å². The molecule has 0 spiro atoms. The lowest BCUT2D eigenvalue weighted by molar-refractivity contribution is 0.669. The lowest BCUT2D eigenvalue weighted by Gasteiger charge is -2.29. The first-order chi connectivity index (χ1) is 27.6. The number of hydrogen-bond donors (Lipinski definition) is 0. The molecule has 0 unspecified atom stereocenters. The minimum atomic E-state index is 0.159. The summed E-state index contributed by atoms with van der Waals surface area (Å²) in [7, 11) is 55.1. The van der Waals surface area contributed by atoms with Gasteiger partial charge in [0, 0.05) is 10.8 Å². The summed E-state index contributed by atoms with van der Waals surface area (Å²) >= 11 is 0. The van der Waals surface area contributed by atoms with Crippen LogP contribution in [-0.2, 0) is 0 Å². The zero-order valence-electron chi connectivity index (χ0n) is 30.7. The fourth-order valence-corrected chi connectivity index (χ4v) is 8.57. The zero-order valence-corrected chi connectivity index (χ0v) is 30.7. The number of benzene rings is 9. The quantitative estimate of drug-likeness (QED) is 0.200. The van der Waals surface area contributed by atoms with Crippen LogP contribution in [0.1, 0.15) is 0 Å². The van der Waals surface area contributed by atoms with Crippen molar-refractivity contribution >= 4 is 161 Å². The van der Waals surface area contributed by atoms with E-state index in [0.717, 1.165) is 60.5 Å². The van der Waals surface area contributed by atoms with Crippen molar-refractivity contribution < 1.29 is 4.42 Å². The molecule has 0 aliphatic rings. The Morgan fingerprint density at radius 3 is 1.25 bits per heavy atom. The molecule has 10 rings (SSSR count). The van der Waals surface area contributed by atoms with Gasteiger partial charge in [-0.25, -0.2) is 0 Å². The molecule has 10 aromatic rings. The van der Waals surface area contributed by atoms with Crippen LogP contribution in [0.3, 0.4) is 0 Å². The maximum Gasteiger partial charge on any atom is 0.136 e. The van der Waals surface area contributed by atoms with Gasteiger partial charge in [0.05, 0.1) is 0 Å². The Balaban J connectivity index is 1.38. The Hall–Kier alpha value is -5.92. The summed E-state index contributed by atoms with van der Waals surface area (Å²) in [6, 6.07) is 45.0. The lowest BCUT2D eigenvalue weighted by Crippen LogP contribution is -2.50. The highest BCUT2D eigenvalue weighted by atomic mass is 16.3. The van der Waals surface area contributed by atoms with E-state index in [1.54, 1.807) is 0 Å². The average molecular weight is 701 g/mol. The summed E-state index contributed by atoms with van der Waals surface area (Å²) in [5, 5.41) is 6.26. The molecule has 0 fully saturated rings. The molecule has 0 saturated carbocycles. The monoisotopic (exact) mass is 702 g/mol. The van der Waals surface area contributed by atoms with E-state index in [1.165, 1.54) is 0 Å². The largest absolute Gasteiger partial charge is 0.456 e. The molecule has 9 aromatic carbocycles. The molecule has 1 nitrogen and oxygen atoms in total. The van der Waals surface area contributed by atoms with Crippen molar-refractivity contribution in [2.75, 3.05) is 0 Å². The maximum atomic E-state index is 7.09. The third-order valence-electron chi connectivity index (χ3n) is 11.4. The van der Waals surface area contributed by atoms with E-state index in [-0.39, 0.29) is 43.7 Å². The topological polar surface area (TPSA) is 13.1 Å². The second-order valence-corrected chi connectivity index (χ2v) is 14.6. The molecule has 16 radical (unpaired) electrons. The van der Waals surface area contributed by atoms with Gasteiger partial charge in [0.15, 0.2) is 0 Å². The first-order valence-electron chi connectivity index (χ1n) is 18.5. The minimum absolute atomic E-state index is 0.159. The van der Waals surface area contributed by atoms with Gasteiger partial charge in [-0.2, -0.15) is 0 Å². The van der Waals surface area contributed by atoms with Crippen molar-refractivity contribution in [3.63, 3.8) is 0 Å². The summed E-state index contributed by atoms with van der Waals surface area (Å²) in [6.45, 7) is 0. The van der Waals surface area contributed by atoms with E-state index >= 15 is 0 Å². The molecule has 0 N–H and O–H groups in total. The van der Waals surface area contributed by atoms with Gasteiger partial charge in [-0.3, -0.25) is 0 Å². The standard InChI is InChI=1S/C48H22B8O/c49-41-37-35(27-15-17-29(23-9-3-1-4-10-23)30(20-27)24-11-5-2-6-12-24)38-40(44(52)48(56)46(54)42(38)50)36(39(37)43(51)47(55)45(41)53)28-16-18-33-31(21-28)32-19-25-13-7-8-14-26(25)22-34(32)57-33/h1-22H. The van der Waals surface area contributed by atoms with Gasteiger partial charge in [-0.05, 0) is 107 Å². The van der Waals surface area contributed by atoms with E-state index in [2.05, 4.69) is 66.7 Å². The fourth-order valence-electron chi connectivity index (χ4n) is 8.57. The summed E-state index contributed by atoms with van der Waals surface area (Å²) in [5.74, 6) is 0. The average Bonchev–Trinajstić information content (AvgIpc) is 3.61. The van der Waals surface area contributed by atoms with Crippen molar-refractivity contribution in [3.05, 3.63) is 133 Å². The molecular formula is C48H22B8O. The van der Waals surface area contributed by atoms with E-state index in [0.29, 0.717) is 38.3 Å². The van der Waals surface area contributed by atoms with Gasteiger partial charge in [0.2, 0.25) is 0 Å². The van der Waals surface area contributed by atoms with Gasteiger partial charge < -0.3 is 4.42 Å². The molecule has 57 heavy (non-hydrogen) atoms.